The zero-order valence-corrected chi connectivity index (χ0v) is 22.6. The summed E-state index contributed by atoms with van der Waals surface area (Å²) in [6, 6.07) is 20.8. The van der Waals surface area contributed by atoms with Crippen molar-refractivity contribution in [3.8, 4) is 23.0 Å². The largest absolute Gasteiger partial charge is 0.417 e. The van der Waals surface area contributed by atoms with Crippen LogP contribution in [0, 0.1) is 11.8 Å². The van der Waals surface area contributed by atoms with E-state index >= 15 is 0 Å². The smallest absolute Gasteiger partial charge is 0.380 e. The van der Waals surface area contributed by atoms with Crippen LogP contribution in [0.5, 0.6) is 0 Å². The molecule has 0 saturated carbocycles. The fourth-order valence-corrected chi connectivity index (χ4v) is 5.00. The highest BCUT2D eigenvalue weighted by Gasteiger charge is 2.54. The van der Waals surface area contributed by atoms with Crippen LogP contribution in [-0.4, -0.2) is 47.3 Å². The van der Waals surface area contributed by atoms with Crippen molar-refractivity contribution in [2.75, 3.05) is 25.0 Å². The number of nitrogens with one attached hydrogen (secondary N) is 1. The van der Waals surface area contributed by atoms with Crippen molar-refractivity contribution < 1.29 is 23.1 Å². The van der Waals surface area contributed by atoms with Crippen molar-refractivity contribution >= 4 is 39.1 Å². The van der Waals surface area contributed by atoms with Gasteiger partial charge in [0.05, 0.1) is 0 Å². The Morgan fingerprint density at radius 2 is 1.76 bits per heavy atom. The van der Waals surface area contributed by atoms with E-state index in [9.17, 15) is 23.1 Å². The third-order valence-electron chi connectivity index (χ3n) is 6.61. The predicted octanol–water partition coefficient (Wildman–Crippen LogP) is 6.69. The Bertz CT molecular complexity index is 1360. The minimum atomic E-state index is -4.61. The number of halogens is 5. The van der Waals surface area contributed by atoms with Crippen molar-refractivity contribution in [3.05, 3.63) is 87.4 Å². The average molecular weight is 606 g/mol. The number of aliphatic hydroxyl groups is 1. The van der Waals surface area contributed by atoms with Gasteiger partial charge in [-0.05, 0) is 76.1 Å². The topological polar surface area (TPSA) is 52.6 Å². The van der Waals surface area contributed by atoms with Gasteiger partial charge in [0.2, 0.25) is 0 Å². The fraction of sp³-hybridized carbons (Fsp3) is 0.276. The molecule has 0 aliphatic carbocycles. The second-order valence-electron chi connectivity index (χ2n) is 9.19. The first-order chi connectivity index (χ1) is 18.0. The molecular weight excluding hydrogens is 581 g/mol. The first-order valence-electron chi connectivity index (χ1n) is 12.0. The lowest BCUT2D eigenvalue weighted by Gasteiger charge is -2.39. The molecule has 4 rings (SSSR count). The van der Waals surface area contributed by atoms with Gasteiger partial charge in [-0.25, -0.2) is 0 Å². The van der Waals surface area contributed by atoms with Crippen LogP contribution < -0.4 is 5.32 Å². The van der Waals surface area contributed by atoms with Gasteiger partial charge in [0.1, 0.15) is 0 Å². The standard InChI is InChI=1S/C29H25BrClF3N2O2/c30-25-18-23(20-4-2-1-3-5-20)7-6-21(25)9-11-27(37)35-24-10-8-22(26(31)19-24)12-15-36-16-13-28(38,14-17-36)29(32,33)34/h1-8,10,18-19,38H,12-17H2,(H,35,37). The third kappa shape index (κ3) is 6.97. The molecule has 2 N–H and O–H groups in total. The van der Waals surface area contributed by atoms with Gasteiger partial charge in [0, 0.05) is 46.3 Å². The molecule has 1 amide bonds. The van der Waals surface area contributed by atoms with E-state index in [2.05, 4.69) is 33.1 Å². The molecule has 0 radical (unpaired) electrons. The first-order valence-corrected chi connectivity index (χ1v) is 13.2. The van der Waals surface area contributed by atoms with Gasteiger partial charge in [-0.2, -0.15) is 13.2 Å². The van der Waals surface area contributed by atoms with Gasteiger partial charge in [0.25, 0.3) is 0 Å². The number of likely N-dealkylation sites (tertiary alicyclic amines) is 1. The molecule has 0 bridgehead atoms. The SMILES string of the molecule is O=C(C#Cc1ccc(-c2ccccc2)cc1Br)Nc1ccc(CCN2CCC(O)(C(F)(F)F)CC2)c(Cl)c1. The maximum Gasteiger partial charge on any atom is 0.417 e. The number of hydrogen-bond acceptors (Lipinski definition) is 3. The zero-order chi connectivity index (χ0) is 27.3. The fourth-order valence-electron chi connectivity index (χ4n) is 4.25. The molecule has 1 saturated heterocycles. The highest BCUT2D eigenvalue weighted by Crippen LogP contribution is 2.38. The van der Waals surface area contributed by atoms with Gasteiger partial charge in [-0.1, -0.05) is 60.0 Å². The van der Waals surface area contributed by atoms with Gasteiger partial charge >= 0.3 is 12.1 Å². The summed E-state index contributed by atoms with van der Waals surface area (Å²) in [5.41, 5.74) is 1.49. The molecule has 0 unspecified atom stereocenters. The summed E-state index contributed by atoms with van der Waals surface area (Å²) in [4.78, 5) is 14.3. The van der Waals surface area contributed by atoms with Crippen molar-refractivity contribution in [2.24, 2.45) is 0 Å². The molecule has 3 aromatic carbocycles. The van der Waals surface area contributed by atoms with Crippen molar-refractivity contribution in [3.63, 3.8) is 0 Å². The summed E-state index contributed by atoms with van der Waals surface area (Å²) in [6.45, 7) is 0.833. The van der Waals surface area contributed by atoms with Crippen LogP contribution in [0.25, 0.3) is 11.1 Å². The van der Waals surface area contributed by atoms with E-state index in [1.165, 1.54) is 0 Å². The molecule has 0 spiro atoms. The normalized spacial score (nSPS) is 15.4. The van der Waals surface area contributed by atoms with E-state index in [-0.39, 0.29) is 25.9 Å². The van der Waals surface area contributed by atoms with E-state index in [0.29, 0.717) is 29.2 Å². The van der Waals surface area contributed by atoms with Crippen LogP contribution in [0.4, 0.5) is 18.9 Å². The molecule has 38 heavy (non-hydrogen) atoms. The lowest BCUT2D eigenvalue weighted by Crippen LogP contribution is -2.53. The summed E-state index contributed by atoms with van der Waals surface area (Å²) in [6.07, 6.45) is -4.77. The summed E-state index contributed by atoms with van der Waals surface area (Å²) >= 11 is 9.91. The monoisotopic (exact) mass is 604 g/mol. The van der Waals surface area contributed by atoms with Gasteiger partial charge < -0.3 is 15.3 Å². The Labute approximate surface area is 232 Å². The number of rotatable bonds is 5. The Balaban J connectivity index is 1.31. The van der Waals surface area contributed by atoms with E-state index in [1.807, 2.05) is 53.4 Å². The summed E-state index contributed by atoms with van der Waals surface area (Å²) in [7, 11) is 0. The minimum Gasteiger partial charge on any atom is -0.380 e. The summed E-state index contributed by atoms with van der Waals surface area (Å²) < 4.78 is 39.7. The van der Waals surface area contributed by atoms with Crippen LogP contribution in [0.1, 0.15) is 24.0 Å². The van der Waals surface area contributed by atoms with Gasteiger partial charge in [-0.3, -0.25) is 4.79 Å². The quantitative estimate of drug-likeness (QED) is 0.319. The molecule has 3 aromatic rings. The molecule has 1 aliphatic heterocycles. The molecule has 0 atom stereocenters. The number of carbonyl (C=O) groups is 1. The number of hydrogen-bond donors (Lipinski definition) is 2. The van der Waals surface area contributed by atoms with Crippen molar-refractivity contribution in [2.45, 2.75) is 31.0 Å². The lowest BCUT2D eigenvalue weighted by atomic mass is 9.90. The van der Waals surface area contributed by atoms with Crippen LogP contribution in [0.2, 0.25) is 5.02 Å². The number of amides is 1. The maximum absolute atomic E-state index is 13.0. The van der Waals surface area contributed by atoms with E-state index in [1.54, 1.807) is 18.2 Å². The number of piperidine rings is 1. The average Bonchev–Trinajstić information content (AvgIpc) is 2.88. The lowest BCUT2D eigenvalue weighted by molar-refractivity contribution is -0.272. The molecule has 9 heteroatoms. The Kier molecular flexibility index (Phi) is 8.84. The molecule has 0 aromatic heterocycles. The Morgan fingerprint density at radius 1 is 1.05 bits per heavy atom. The van der Waals surface area contributed by atoms with E-state index < -0.39 is 17.7 Å². The highest BCUT2D eigenvalue weighted by atomic mass is 79.9. The summed E-state index contributed by atoms with van der Waals surface area (Å²) in [5.74, 6) is 4.97. The molecule has 4 nitrogen and oxygen atoms in total. The number of nitrogens with zero attached hydrogens (tertiary/aromatic N) is 1. The number of anilines is 1. The Hall–Kier alpha value is -2.83. The van der Waals surface area contributed by atoms with E-state index in [4.69, 9.17) is 11.6 Å². The van der Waals surface area contributed by atoms with Gasteiger partial charge in [0.15, 0.2) is 5.60 Å². The van der Waals surface area contributed by atoms with Crippen LogP contribution >= 0.6 is 27.5 Å². The first kappa shape index (κ1) is 28.2. The highest BCUT2D eigenvalue weighted by molar-refractivity contribution is 9.10. The maximum atomic E-state index is 13.0. The molecule has 1 fully saturated rings. The third-order valence-corrected chi connectivity index (χ3v) is 7.61. The minimum absolute atomic E-state index is 0.158. The second kappa shape index (κ2) is 11.9. The number of benzene rings is 3. The van der Waals surface area contributed by atoms with Crippen LogP contribution in [-0.2, 0) is 11.2 Å². The van der Waals surface area contributed by atoms with E-state index in [0.717, 1.165) is 21.2 Å². The molecular formula is C29H25BrClF3N2O2. The van der Waals surface area contributed by atoms with Crippen LogP contribution in [0.3, 0.4) is 0 Å². The zero-order valence-electron chi connectivity index (χ0n) is 20.3. The Morgan fingerprint density at radius 3 is 2.39 bits per heavy atom. The van der Waals surface area contributed by atoms with Crippen molar-refractivity contribution in [1.29, 1.82) is 0 Å². The second-order valence-corrected chi connectivity index (χ2v) is 10.5. The number of carbonyl (C=O) groups excluding carboxylic acids is 1. The van der Waals surface area contributed by atoms with Gasteiger partial charge in [-0.15, -0.1) is 0 Å². The molecule has 1 aliphatic rings. The molecule has 198 valence electrons. The van der Waals surface area contributed by atoms with Crippen LogP contribution in [0.15, 0.2) is 71.2 Å². The molecule has 1 heterocycles. The predicted molar refractivity (Wildman–Crippen MR) is 147 cm³/mol. The summed E-state index contributed by atoms with van der Waals surface area (Å²) in [5, 5.41) is 13.0. The van der Waals surface area contributed by atoms with Crippen molar-refractivity contribution in [1.82, 2.24) is 4.90 Å². The number of alkyl halides is 3.